The highest BCUT2D eigenvalue weighted by Crippen LogP contribution is 2.45. The van der Waals surface area contributed by atoms with E-state index < -0.39 is 35.8 Å². The van der Waals surface area contributed by atoms with Gasteiger partial charge < -0.3 is 26.6 Å². The van der Waals surface area contributed by atoms with Crippen LogP contribution in [0.15, 0.2) is 83.0 Å². The van der Waals surface area contributed by atoms with Crippen LogP contribution in [-0.2, 0) is 20.8 Å². The fourth-order valence-electron chi connectivity index (χ4n) is 4.18. The van der Waals surface area contributed by atoms with E-state index in [2.05, 4.69) is 20.9 Å². The minimum Gasteiger partial charge on any atom is -0.507 e. The summed E-state index contributed by atoms with van der Waals surface area (Å²) in [7, 11) is 0. The van der Waals surface area contributed by atoms with Crippen LogP contribution in [0.5, 0.6) is 11.5 Å². The van der Waals surface area contributed by atoms with Gasteiger partial charge in [0, 0.05) is 22.6 Å². The van der Waals surface area contributed by atoms with Crippen molar-refractivity contribution in [2.45, 2.75) is 38.4 Å². The van der Waals surface area contributed by atoms with Gasteiger partial charge in [0.2, 0.25) is 11.8 Å². The Balaban J connectivity index is 1.65. The van der Waals surface area contributed by atoms with Crippen LogP contribution in [0.3, 0.4) is 0 Å². The number of carbonyl (C=O) groups excluding carboxylic acids is 3. The molecule has 0 heterocycles. The quantitative estimate of drug-likeness (QED) is 0.133. The zero-order valence-electron chi connectivity index (χ0n) is 21.5. The molecule has 0 fully saturated rings. The van der Waals surface area contributed by atoms with Gasteiger partial charge >= 0.3 is 0 Å². The first-order valence-electron chi connectivity index (χ1n) is 12.4. The minimum absolute atomic E-state index is 0.0289. The molecule has 10 nitrogen and oxygen atoms in total. The van der Waals surface area contributed by atoms with Crippen molar-refractivity contribution in [2.75, 3.05) is 0 Å². The molecular formula is C29H29N5O5. The average molecular weight is 528 g/mol. The summed E-state index contributed by atoms with van der Waals surface area (Å²) < 4.78 is 0. The fourth-order valence-corrected chi connectivity index (χ4v) is 4.18. The highest BCUT2D eigenvalue weighted by molar-refractivity contribution is 6.14. The molecule has 0 unspecified atom stereocenters. The lowest BCUT2D eigenvalue weighted by molar-refractivity contribution is -0.131. The maximum absolute atomic E-state index is 13.2. The average Bonchev–Trinajstić information content (AvgIpc) is 2.94. The van der Waals surface area contributed by atoms with Crippen LogP contribution in [0.2, 0.25) is 0 Å². The van der Waals surface area contributed by atoms with Gasteiger partial charge in [-0.1, -0.05) is 66.7 Å². The number of phenolic OH excluding ortho intramolecular Hbond substituents is 2. The molecule has 0 saturated carbocycles. The molecule has 4 rings (SSSR count). The lowest BCUT2D eigenvalue weighted by atomic mass is 9.99. The first-order chi connectivity index (χ1) is 18.7. The van der Waals surface area contributed by atoms with Crippen LogP contribution in [0.1, 0.15) is 19.4 Å². The number of hydrogen-bond acceptors (Lipinski definition) is 7. The molecule has 4 aromatic carbocycles. The van der Waals surface area contributed by atoms with Gasteiger partial charge in [0.15, 0.2) is 0 Å². The molecule has 200 valence electrons. The monoisotopic (exact) mass is 527 g/mol. The predicted molar refractivity (Wildman–Crippen MR) is 148 cm³/mol. The molecule has 0 aliphatic carbocycles. The van der Waals surface area contributed by atoms with Gasteiger partial charge in [-0.05, 0) is 25.5 Å². The van der Waals surface area contributed by atoms with E-state index >= 15 is 0 Å². The van der Waals surface area contributed by atoms with Gasteiger partial charge in [-0.15, -0.1) is 10.2 Å². The zero-order valence-corrected chi connectivity index (χ0v) is 21.5. The number of amides is 3. The molecule has 6 N–H and O–H groups in total. The van der Waals surface area contributed by atoms with E-state index in [4.69, 9.17) is 5.73 Å². The number of nitrogens with one attached hydrogen (secondary N) is 2. The van der Waals surface area contributed by atoms with Crippen molar-refractivity contribution in [1.82, 2.24) is 10.6 Å². The predicted octanol–water partition coefficient (Wildman–Crippen LogP) is 3.59. The van der Waals surface area contributed by atoms with E-state index in [1.54, 1.807) is 54.6 Å². The summed E-state index contributed by atoms with van der Waals surface area (Å²) in [4.78, 5) is 37.9. The highest BCUT2D eigenvalue weighted by Gasteiger charge is 2.25. The second-order valence-corrected chi connectivity index (χ2v) is 9.25. The van der Waals surface area contributed by atoms with Crippen molar-refractivity contribution in [3.8, 4) is 11.5 Å². The van der Waals surface area contributed by atoms with Crippen LogP contribution in [0.25, 0.3) is 21.5 Å². The zero-order chi connectivity index (χ0) is 28.1. The number of nitrogens with two attached hydrogens (primary N) is 1. The smallest absolute Gasteiger partial charge is 0.287 e. The summed E-state index contributed by atoms with van der Waals surface area (Å²) in [5.74, 6) is -1.96. The van der Waals surface area contributed by atoms with Crippen molar-refractivity contribution >= 4 is 45.0 Å². The normalized spacial score (nSPS) is 13.7. The number of benzene rings is 4. The number of hydrogen-bond donors (Lipinski definition) is 5. The molecule has 0 saturated heterocycles. The molecule has 39 heavy (non-hydrogen) atoms. The molecule has 0 aliphatic heterocycles. The van der Waals surface area contributed by atoms with Crippen LogP contribution in [0, 0.1) is 0 Å². The highest BCUT2D eigenvalue weighted by atomic mass is 16.3. The van der Waals surface area contributed by atoms with Crippen molar-refractivity contribution in [3.63, 3.8) is 0 Å². The number of carbonyl (C=O) groups is 3. The summed E-state index contributed by atoms with van der Waals surface area (Å²) in [5, 5.41) is 36.4. The van der Waals surface area contributed by atoms with Gasteiger partial charge in [0.05, 0.1) is 17.1 Å². The number of phenols is 2. The van der Waals surface area contributed by atoms with Gasteiger partial charge in [-0.2, -0.15) is 0 Å². The van der Waals surface area contributed by atoms with E-state index in [9.17, 15) is 24.6 Å². The lowest BCUT2D eigenvalue weighted by Crippen LogP contribution is -2.53. The summed E-state index contributed by atoms with van der Waals surface area (Å²) >= 11 is 0. The second-order valence-electron chi connectivity index (χ2n) is 9.25. The maximum Gasteiger partial charge on any atom is 0.287 e. The Morgan fingerprint density at radius 3 is 2.08 bits per heavy atom. The molecule has 0 aromatic heterocycles. The van der Waals surface area contributed by atoms with E-state index in [1.165, 1.54) is 13.8 Å². The third-order valence-electron chi connectivity index (χ3n) is 6.29. The van der Waals surface area contributed by atoms with Crippen molar-refractivity contribution in [2.24, 2.45) is 16.0 Å². The molecule has 10 heteroatoms. The van der Waals surface area contributed by atoms with E-state index in [0.717, 1.165) is 5.56 Å². The standard InChI is InChI=1S/C29H29N5O5/c1-16(30)27(37)31-17(2)28(38)32-23(15-18-9-4-3-5-10-18)29(39)34-33-22-14-8-13-21-24(22)26(36)20-12-7-6-11-19(20)25(21)35/h3-14,16-17,23,35-36H,15,30H2,1-2H3,(H,31,37)(H,32,38)/t16-,17-,23-/m0/s1. The molecular weight excluding hydrogens is 498 g/mol. The SMILES string of the molecule is C[C@H](N)C(=O)N[C@@H](C)C(=O)N[C@@H](Cc1ccccc1)C(=O)N=Nc1cccc2c(O)c3ccccc3c(O)c12. The topological polar surface area (TPSA) is 166 Å². The Morgan fingerprint density at radius 2 is 1.41 bits per heavy atom. The Labute approximate surface area is 224 Å². The molecule has 0 aliphatic rings. The number of fused-ring (bicyclic) bond motifs is 2. The lowest BCUT2D eigenvalue weighted by Gasteiger charge is -2.20. The van der Waals surface area contributed by atoms with Crippen LogP contribution in [0.4, 0.5) is 5.69 Å². The molecule has 4 aromatic rings. The second kappa shape index (κ2) is 11.7. The van der Waals surface area contributed by atoms with Crippen molar-refractivity contribution < 1.29 is 24.6 Å². The largest absolute Gasteiger partial charge is 0.507 e. The molecule has 0 radical (unpaired) electrons. The van der Waals surface area contributed by atoms with Gasteiger partial charge in [0.25, 0.3) is 5.91 Å². The van der Waals surface area contributed by atoms with E-state index in [-0.39, 0.29) is 29.0 Å². The first kappa shape index (κ1) is 27.2. The molecule has 3 amide bonds. The third kappa shape index (κ3) is 6.02. The maximum atomic E-state index is 13.2. The number of azo groups is 1. The number of nitrogens with zero attached hydrogens (tertiary/aromatic N) is 2. The summed E-state index contributed by atoms with van der Waals surface area (Å²) in [5.41, 5.74) is 6.51. The van der Waals surface area contributed by atoms with Crippen LogP contribution in [-0.4, -0.2) is 46.1 Å². The summed E-state index contributed by atoms with van der Waals surface area (Å²) in [6, 6.07) is 17.9. The van der Waals surface area contributed by atoms with Gasteiger partial charge in [-0.25, -0.2) is 0 Å². The molecule has 3 atom stereocenters. The Kier molecular flexibility index (Phi) is 8.16. The summed E-state index contributed by atoms with van der Waals surface area (Å²) in [6.45, 7) is 2.98. The fraction of sp³-hybridized carbons (Fsp3) is 0.207. The van der Waals surface area contributed by atoms with Gasteiger partial charge in [-0.3, -0.25) is 14.4 Å². The van der Waals surface area contributed by atoms with E-state index in [0.29, 0.717) is 16.2 Å². The minimum atomic E-state index is -1.09. The molecule has 0 spiro atoms. The Bertz CT molecular complexity index is 1570. The third-order valence-corrected chi connectivity index (χ3v) is 6.29. The Morgan fingerprint density at radius 1 is 0.795 bits per heavy atom. The van der Waals surface area contributed by atoms with E-state index in [1.807, 2.05) is 18.2 Å². The van der Waals surface area contributed by atoms with Crippen LogP contribution >= 0.6 is 0 Å². The van der Waals surface area contributed by atoms with Crippen molar-refractivity contribution in [1.29, 1.82) is 0 Å². The summed E-state index contributed by atoms with van der Waals surface area (Å²) in [6.07, 6.45) is 0.130. The number of aromatic hydroxyl groups is 2. The molecule has 0 bridgehead atoms. The first-order valence-corrected chi connectivity index (χ1v) is 12.4. The number of rotatable bonds is 8. The van der Waals surface area contributed by atoms with Gasteiger partial charge in [0.1, 0.15) is 23.6 Å². The Hall–Kier alpha value is -4.83. The van der Waals surface area contributed by atoms with Crippen LogP contribution < -0.4 is 16.4 Å². The van der Waals surface area contributed by atoms with Crippen molar-refractivity contribution in [3.05, 3.63) is 78.4 Å².